The van der Waals surface area contributed by atoms with E-state index in [4.69, 9.17) is 15.2 Å². The lowest BCUT2D eigenvalue weighted by molar-refractivity contribution is 0.288. The van der Waals surface area contributed by atoms with Crippen molar-refractivity contribution in [3.63, 3.8) is 0 Å². The summed E-state index contributed by atoms with van der Waals surface area (Å²) in [5, 5.41) is 0. The Kier molecular flexibility index (Phi) is 4.58. The van der Waals surface area contributed by atoms with Crippen LogP contribution in [0, 0.1) is 12.7 Å². The summed E-state index contributed by atoms with van der Waals surface area (Å²) in [7, 11) is 1.62. The SMILES string of the molecule is COc1ccc(C(N)COc2ccc(F)cc2C)cc1. The average Bonchev–Trinajstić information content (AvgIpc) is 2.46. The maximum Gasteiger partial charge on any atom is 0.123 e. The van der Waals surface area contributed by atoms with Crippen molar-refractivity contribution in [2.45, 2.75) is 13.0 Å². The fraction of sp³-hybridized carbons (Fsp3) is 0.250. The van der Waals surface area contributed by atoms with E-state index in [2.05, 4.69) is 0 Å². The molecule has 4 heteroatoms. The average molecular weight is 275 g/mol. The van der Waals surface area contributed by atoms with Gasteiger partial charge in [-0.15, -0.1) is 0 Å². The van der Waals surface area contributed by atoms with Crippen molar-refractivity contribution in [3.05, 3.63) is 59.4 Å². The number of hydrogen-bond donors (Lipinski definition) is 1. The van der Waals surface area contributed by atoms with Crippen LogP contribution < -0.4 is 15.2 Å². The lowest BCUT2D eigenvalue weighted by atomic mass is 10.1. The Morgan fingerprint density at radius 1 is 1.15 bits per heavy atom. The summed E-state index contributed by atoms with van der Waals surface area (Å²) >= 11 is 0. The van der Waals surface area contributed by atoms with Crippen LogP contribution in [0.5, 0.6) is 11.5 Å². The molecule has 0 saturated carbocycles. The van der Waals surface area contributed by atoms with Gasteiger partial charge in [-0.2, -0.15) is 0 Å². The molecule has 0 spiro atoms. The van der Waals surface area contributed by atoms with E-state index in [1.807, 2.05) is 24.3 Å². The highest BCUT2D eigenvalue weighted by molar-refractivity contribution is 5.33. The van der Waals surface area contributed by atoms with Gasteiger partial charge in [0.25, 0.3) is 0 Å². The van der Waals surface area contributed by atoms with Crippen molar-refractivity contribution in [2.75, 3.05) is 13.7 Å². The van der Waals surface area contributed by atoms with Crippen molar-refractivity contribution in [1.82, 2.24) is 0 Å². The summed E-state index contributed by atoms with van der Waals surface area (Å²) in [4.78, 5) is 0. The van der Waals surface area contributed by atoms with Crippen LogP contribution >= 0.6 is 0 Å². The zero-order valence-electron chi connectivity index (χ0n) is 11.6. The maximum absolute atomic E-state index is 13.0. The van der Waals surface area contributed by atoms with E-state index in [1.165, 1.54) is 12.1 Å². The Labute approximate surface area is 118 Å². The second kappa shape index (κ2) is 6.39. The quantitative estimate of drug-likeness (QED) is 0.911. The van der Waals surface area contributed by atoms with E-state index < -0.39 is 0 Å². The van der Waals surface area contributed by atoms with Gasteiger partial charge in [0, 0.05) is 0 Å². The Morgan fingerprint density at radius 2 is 1.85 bits per heavy atom. The molecule has 20 heavy (non-hydrogen) atoms. The second-order valence-electron chi connectivity index (χ2n) is 4.60. The van der Waals surface area contributed by atoms with Gasteiger partial charge in [0.2, 0.25) is 0 Å². The second-order valence-corrected chi connectivity index (χ2v) is 4.60. The lowest BCUT2D eigenvalue weighted by Crippen LogP contribution is -2.19. The van der Waals surface area contributed by atoms with Crippen LogP contribution in [0.4, 0.5) is 4.39 Å². The van der Waals surface area contributed by atoms with E-state index in [1.54, 1.807) is 20.1 Å². The molecule has 0 bridgehead atoms. The predicted molar refractivity (Wildman–Crippen MR) is 76.6 cm³/mol. The first-order valence-corrected chi connectivity index (χ1v) is 6.38. The number of aryl methyl sites for hydroxylation is 1. The van der Waals surface area contributed by atoms with Gasteiger partial charge >= 0.3 is 0 Å². The molecule has 3 nitrogen and oxygen atoms in total. The molecule has 0 fully saturated rings. The number of nitrogens with two attached hydrogens (primary N) is 1. The number of hydrogen-bond acceptors (Lipinski definition) is 3. The van der Waals surface area contributed by atoms with Crippen LogP contribution in [0.1, 0.15) is 17.2 Å². The smallest absolute Gasteiger partial charge is 0.123 e. The molecule has 2 N–H and O–H groups in total. The molecule has 2 rings (SSSR count). The van der Waals surface area contributed by atoms with Gasteiger partial charge < -0.3 is 15.2 Å². The maximum atomic E-state index is 13.0. The standard InChI is InChI=1S/C16H18FNO2/c1-11-9-13(17)5-8-16(11)20-10-15(18)12-3-6-14(19-2)7-4-12/h3-9,15H,10,18H2,1-2H3. The van der Waals surface area contributed by atoms with Gasteiger partial charge in [0.1, 0.15) is 23.9 Å². The van der Waals surface area contributed by atoms with Crippen molar-refractivity contribution >= 4 is 0 Å². The van der Waals surface area contributed by atoms with Gasteiger partial charge in [-0.25, -0.2) is 4.39 Å². The molecule has 0 aromatic heterocycles. The number of ether oxygens (including phenoxy) is 2. The molecule has 0 heterocycles. The molecule has 106 valence electrons. The van der Waals surface area contributed by atoms with Gasteiger partial charge in [0.15, 0.2) is 0 Å². The largest absolute Gasteiger partial charge is 0.497 e. The molecule has 1 unspecified atom stereocenters. The predicted octanol–water partition coefficient (Wildman–Crippen LogP) is 3.22. The third kappa shape index (κ3) is 3.48. The summed E-state index contributed by atoms with van der Waals surface area (Å²) < 4.78 is 23.7. The summed E-state index contributed by atoms with van der Waals surface area (Å²) in [6, 6.07) is 11.7. The van der Waals surface area contributed by atoms with E-state index in [0.29, 0.717) is 12.4 Å². The molecular weight excluding hydrogens is 257 g/mol. The Bertz CT molecular complexity index is 569. The lowest BCUT2D eigenvalue weighted by Gasteiger charge is -2.15. The third-order valence-corrected chi connectivity index (χ3v) is 3.10. The highest BCUT2D eigenvalue weighted by atomic mass is 19.1. The molecule has 0 aliphatic rings. The molecule has 0 radical (unpaired) electrons. The molecule has 0 aliphatic carbocycles. The van der Waals surface area contributed by atoms with E-state index in [-0.39, 0.29) is 11.9 Å². The van der Waals surface area contributed by atoms with Crippen molar-refractivity contribution in [1.29, 1.82) is 0 Å². The normalized spacial score (nSPS) is 12.0. The fourth-order valence-electron chi connectivity index (χ4n) is 1.90. The number of rotatable bonds is 5. The zero-order valence-corrected chi connectivity index (χ0v) is 11.6. The third-order valence-electron chi connectivity index (χ3n) is 3.10. The van der Waals surface area contributed by atoms with Crippen molar-refractivity contribution < 1.29 is 13.9 Å². The minimum Gasteiger partial charge on any atom is -0.497 e. The number of benzene rings is 2. The molecule has 2 aromatic carbocycles. The Hall–Kier alpha value is -2.07. The first-order chi connectivity index (χ1) is 9.60. The van der Waals surface area contributed by atoms with E-state index in [0.717, 1.165) is 16.9 Å². The fourth-order valence-corrected chi connectivity index (χ4v) is 1.90. The van der Waals surface area contributed by atoms with Crippen LogP contribution in [0.3, 0.4) is 0 Å². The van der Waals surface area contributed by atoms with Gasteiger partial charge in [0.05, 0.1) is 13.2 Å². The van der Waals surface area contributed by atoms with Crippen molar-refractivity contribution in [2.24, 2.45) is 5.73 Å². The van der Waals surface area contributed by atoms with Crippen LogP contribution in [-0.4, -0.2) is 13.7 Å². The Balaban J connectivity index is 1.98. The summed E-state index contributed by atoms with van der Waals surface area (Å²) in [6.07, 6.45) is 0. The van der Waals surface area contributed by atoms with Crippen LogP contribution in [0.15, 0.2) is 42.5 Å². The minimum atomic E-state index is -0.269. The summed E-state index contributed by atoms with van der Waals surface area (Å²) in [6.45, 7) is 2.14. The van der Waals surface area contributed by atoms with Gasteiger partial charge in [-0.3, -0.25) is 0 Å². The van der Waals surface area contributed by atoms with Crippen LogP contribution in [0.25, 0.3) is 0 Å². The first kappa shape index (κ1) is 14.3. The monoisotopic (exact) mass is 275 g/mol. The van der Waals surface area contributed by atoms with Crippen LogP contribution in [-0.2, 0) is 0 Å². The minimum absolute atomic E-state index is 0.245. The van der Waals surface area contributed by atoms with E-state index >= 15 is 0 Å². The number of methoxy groups -OCH3 is 1. The first-order valence-electron chi connectivity index (χ1n) is 6.38. The molecule has 2 aromatic rings. The number of halogens is 1. The van der Waals surface area contributed by atoms with Gasteiger partial charge in [-0.1, -0.05) is 12.1 Å². The van der Waals surface area contributed by atoms with Gasteiger partial charge in [-0.05, 0) is 48.4 Å². The molecule has 0 saturated heterocycles. The zero-order chi connectivity index (χ0) is 14.5. The van der Waals surface area contributed by atoms with E-state index in [9.17, 15) is 4.39 Å². The highest BCUT2D eigenvalue weighted by Crippen LogP contribution is 2.21. The molecular formula is C16H18FNO2. The van der Waals surface area contributed by atoms with Crippen molar-refractivity contribution in [3.8, 4) is 11.5 Å². The van der Waals surface area contributed by atoms with Crippen LogP contribution in [0.2, 0.25) is 0 Å². The topological polar surface area (TPSA) is 44.5 Å². The summed E-state index contributed by atoms with van der Waals surface area (Å²) in [5.41, 5.74) is 7.79. The Morgan fingerprint density at radius 3 is 2.45 bits per heavy atom. The molecule has 0 aliphatic heterocycles. The molecule has 0 amide bonds. The highest BCUT2D eigenvalue weighted by Gasteiger charge is 2.08. The molecule has 1 atom stereocenters. The summed E-state index contributed by atoms with van der Waals surface area (Å²) in [5.74, 6) is 1.17.